The summed E-state index contributed by atoms with van der Waals surface area (Å²) in [5, 5.41) is 0.250. The lowest BCUT2D eigenvalue weighted by Gasteiger charge is -2.39. The molecule has 0 amide bonds. The van der Waals surface area contributed by atoms with Gasteiger partial charge in [0.15, 0.2) is 14.1 Å². The van der Waals surface area contributed by atoms with Crippen molar-refractivity contribution in [3.63, 3.8) is 0 Å². The van der Waals surface area contributed by atoms with E-state index < -0.39 is 8.32 Å². The zero-order chi connectivity index (χ0) is 16.4. The number of carbonyl (C=O) groups excluding carboxylic acids is 1. The molecule has 0 aromatic heterocycles. The van der Waals surface area contributed by atoms with E-state index in [1.165, 1.54) is 0 Å². The second-order valence-corrected chi connectivity index (χ2v) is 13.4. The fourth-order valence-corrected chi connectivity index (χ4v) is 3.68. The van der Waals surface area contributed by atoms with E-state index in [4.69, 9.17) is 4.43 Å². The second kappa shape index (κ2) is 6.78. The lowest BCUT2D eigenvalue weighted by atomic mass is 9.75. The lowest BCUT2D eigenvalue weighted by Crippen LogP contribution is -2.43. The summed E-state index contributed by atoms with van der Waals surface area (Å²) in [5.41, 5.74) is 0. The van der Waals surface area contributed by atoms with Crippen LogP contribution in [0.5, 0.6) is 0 Å². The molecule has 0 spiro atoms. The minimum absolute atomic E-state index is 0.161. The molecule has 3 heteroatoms. The maximum atomic E-state index is 11.7. The molecule has 0 aromatic carbocycles. The van der Waals surface area contributed by atoms with Crippen molar-refractivity contribution in [3.05, 3.63) is 12.2 Å². The zero-order valence-electron chi connectivity index (χ0n) is 15.2. The molecule has 3 atom stereocenters. The van der Waals surface area contributed by atoms with Crippen LogP contribution in [-0.4, -0.2) is 20.7 Å². The number of hydrogen-bond acceptors (Lipinski definition) is 2. The topological polar surface area (TPSA) is 26.3 Å². The normalized spacial score (nSPS) is 25.5. The van der Waals surface area contributed by atoms with Crippen LogP contribution in [0.1, 0.15) is 48.0 Å². The van der Waals surface area contributed by atoms with Gasteiger partial charge in [0.25, 0.3) is 0 Å². The van der Waals surface area contributed by atoms with E-state index in [1.807, 2.05) is 6.92 Å². The van der Waals surface area contributed by atoms with Crippen LogP contribution in [0.15, 0.2) is 12.2 Å². The molecule has 0 saturated heterocycles. The Bertz CT molecular complexity index is 391. The van der Waals surface area contributed by atoms with Crippen LogP contribution in [0, 0.1) is 23.7 Å². The molecule has 0 heterocycles. The Kier molecular flexibility index (Phi) is 6.02. The highest BCUT2D eigenvalue weighted by atomic mass is 28.4. The van der Waals surface area contributed by atoms with Crippen molar-refractivity contribution in [2.45, 2.75) is 66.1 Å². The monoisotopic (exact) mass is 310 g/mol. The molecule has 1 aliphatic carbocycles. The van der Waals surface area contributed by atoms with E-state index >= 15 is 0 Å². The molecule has 0 bridgehead atoms. The third-order valence-electron chi connectivity index (χ3n) is 5.47. The van der Waals surface area contributed by atoms with Crippen LogP contribution >= 0.6 is 0 Å². The summed E-state index contributed by atoms with van der Waals surface area (Å²) in [4.78, 5) is 11.7. The maximum Gasteiger partial charge on any atom is 0.191 e. The number of rotatable bonds is 5. The van der Waals surface area contributed by atoms with Gasteiger partial charge >= 0.3 is 0 Å². The molecule has 0 N–H and O–H groups in total. The van der Waals surface area contributed by atoms with Crippen LogP contribution in [0.4, 0.5) is 0 Å². The van der Waals surface area contributed by atoms with Crippen LogP contribution in [0.25, 0.3) is 0 Å². The van der Waals surface area contributed by atoms with Crippen LogP contribution < -0.4 is 0 Å². The highest BCUT2D eigenvalue weighted by molar-refractivity contribution is 6.74. The number of carbonyl (C=O) groups is 1. The average molecular weight is 311 g/mol. The summed E-state index contributed by atoms with van der Waals surface area (Å²) in [6.07, 6.45) is 4.89. The fraction of sp³-hybridized carbons (Fsp3) is 0.833. The highest BCUT2D eigenvalue weighted by Gasteiger charge is 2.39. The highest BCUT2D eigenvalue weighted by Crippen LogP contribution is 2.38. The number of allylic oxidation sites excluding steroid dienone is 2. The van der Waals surface area contributed by atoms with E-state index in [-0.39, 0.29) is 16.7 Å². The SMILES string of the molecule is CC(C)[C@@H](CO[Si](C)(C)C(C)(C)C)[C@H]1C=CC(=O)[C@H](C)C1. The fourth-order valence-electron chi connectivity index (χ4n) is 2.63. The number of ketones is 1. The molecule has 0 aromatic rings. The van der Waals surface area contributed by atoms with E-state index in [9.17, 15) is 4.79 Å². The Balaban J connectivity index is 2.76. The van der Waals surface area contributed by atoms with Gasteiger partial charge in [0.05, 0.1) is 0 Å². The van der Waals surface area contributed by atoms with E-state index in [2.05, 4.69) is 53.8 Å². The molecule has 0 radical (unpaired) electrons. The first-order chi connectivity index (χ1) is 9.45. The maximum absolute atomic E-state index is 11.7. The summed E-state index contributed by atoms with van der Waals surface area (Å²) in [6.45, 7) is 18.9. The summed E-state index contributed by atoms with van der Waals surface area (Å²) in [7, 11) is -1.70. The van der Waals surface area contributed by atoms with Crippen LogP contribution in [0.3, 0.4) is 0 Å². The third kappa shape index (κ3) is 4.78. The van der Waals surface area contributed by atoms with Gasteiger partial charge in [-0.25, -0.2) is 0 Å². The molecule has 0 saturated carbocycles. The molecule has 1 rings (SSSR count). The Hall–Kier alpha value is -0.413. The summed E-state index contributed by atoms with van der Waals surface area (Å²) >= 11 is 0. The van der Waals surface area contributed by atoms with Crippen molar-refractivity contribution in [1.82, 2.24) is 0 Å². The quantitative estimate of drug-likeness (QED) is 0.663. The predicted molar refractivity (Wildman–Crippen MR) is 92.9 cm³/mol. The molecule has 0 fully saturated rings. The Morgan fingerprint density at radius 1 is 1.33 bits per heavy atom. The van der Waals surface area contributed by atoms with Crippen molar-refractivity contribution < 1.29 is 9.22 Å². The van der Waals surface area contributed by atoms with E-state index in [1.54, 1.807) is 6.08 Å². The van der Waals surface area contributed by atoms with Crippen molar-refractivity contribution in [1.29, 1.82) is 0 Å². The standard InChI is InChI=1S/C18H34O2Si/c1-13(2)16(12-20-21(7,8)18(4,5)6)15-9-10-17(19)14(3)11-15/h9-10,13-16H,11-12H2,1-8H3/t14-,15+,16-/m1/s1. The molecular weight excluding hydrogens is 276 g/mol. The van der Waals surface area contributed by atoms with Crippen LogP contribution in [0.2, 0.25) is 18.1 Å². The molecule has 21 heavy (non-hydrogen) atoms. The van der Waals surface area contributed by atoms with Gasteiger partial charge in [0, 0.05) is 12.5 Å². The van der Waals surface area contributed by atoms with Gasteiger partial charge in [-0.2, -0.15) is 0 Å². The summed E-state index contributed by atoms with van der Waals surface area (Å²) in [5.74, 6) is 1.99. The van der Waals surface area contributed by atoms with Gasteiger partial charge in [0.1, 0.15) is 0 Å². The van der Waals surface area contributed by atoms with Gasteiger partial charge in [-0.05, 0) is 48.4 Å². The minimum Gasteiger partial charge on any atom is -0.417 e. The predicted octanol–water partition coefficient (Wildman–Crippen LogP) is 5.06. The largest absolute Gasteiger partial charge is 0.417 e. The van der Waals surface area contributed by atoms with Gasteiger partial charge in [-0.15, -0.1) is 0 Å². The first-order valence-corrected chi connectivity index (χ1v) is 11.2. The van der Waals surface area contributed by atoms with Gasteiger partial charge in [-0.3, -0.25) is 4.79 Å². The smallest absolute Gasteiger partial charge is 0.191 e. The number of hydrogen-bond donors (Lipinski definition) is 0. The van der Waals surface area contributed by atoms with Crippen LogP contribution in [-0.2, 0) is 9.22 Å². The molecule has 2 nitrogen and oxygen atoms in total. The van der Waals surface area contributed by atoms with Crippen molar-refractivity contribution in [2.75, 3.05) is 6.61 Å². The summed E-state index contributed by atoms with van der Waals surface area (Å²) in [6, 6.07) is 0. The minimum atomic E-state index is -1.70. The van der Waals surface area contributed by atoms with Crippen molar-refractivity contribution >= 4 is 14.1 Å². The Labute approximate surface area is 132 Å². The van der Waals surface area contributed by atoms with E-state index in [0.717, 1.165) is 13.0 Å². The Morgan fingerprint density at radius 3 is 2.33 bits per heavy atom. The average Bonchev–Trinajstić information content (AvgIpc) is 2.31. The van der Waals surface area contributed by atoms with Gasteiger partial charge in [0.2, 0.25) is 0 Å². The summed E-state index contributed by atoms with van der Waals surface area (Å²) < 4.78 is 6.45. The van der Waals surface area contributed by atoms with Crippen molar-refractivity contribution in [3.8, 4) is 0 Å². The third-order valence-corrected chi connectivity index (χ3v) is 9.97. The molecule has 0 aliphatic heterocycles. The van der Waals surface area contributed by atoms with E-state index in [0.29, 0.717) is 17.8 Å². The van der Waals surface area contributed by atoms with Crippen molar-refractivity contribution in [2.24, 2.45) is 23.7 Å². The van der Waals surface area contributed by atoms with Gasteiger partial charge in [-0.1, -0.05) is 47.6 Å². The first kappa shape index (κ1) is 18.6. The zero-order valence-corrected chi connectivity index (χ0v) is 16.2. The molecule has 0 unspecified atom stereocenters. The lowest BCUT2D eigenvalue weighted by molar-refractivity contribution is -0.118. The molecule has 122 valence electrons. The molecular formula is C18H34O2Si. The Morgan fingerprint density at radius 2 is 1.90 bits per heavy atom. The second-order valence-electron chi connectivity index (χ2n) is 8.54. The first-order valence-electron chi connectivity index (χ1n) is 8.31. The van der Waals surface area contributed by atoms with Gasteiger partial charge < -0.3 is 4.43 Å². The molecule has 1 aliphatic rings.